The van der Waals surface area contributed by atoms with Crippen molar-refractivity contribution in [3.8, 4) is 39.2 Å². The topological polar surface area (TPSA) is 111 Å². The zero-order valence-electron chi connectivity index (χ0n) is 17.0. The lowest BCUT2D eigenvalue weighted by Crippen LogP contribution is -2.13. The van der Waals surface area contributed by atoms with Crippen molar-refractivity contribution in [3.63, 3.8) is 0 Å². The fraction of sp³-hybridized carbons (Fsp3) is 0.143. The van der Waals surface area contributed by atoms with Gasteiger partial charge in [-0.15, -0.1) is 16.4 Å². The molecule has 1 amide bonds. The molecule has 158 valence electrons. The number of nitrogens with zero attached hydrogens (tertiary/aromatic N) is 3. The zero-order chi connectivity index (χ0) is 21.8. The molecule has 4 rings (SSSR count). The number of hydrogen-bond donors (Lipinski definition) is 2. The molecule has 0 aliphatic carbocycles. The molecule has 4 aromatic rings. The number of thiazole rings is 1. The van der Waals surface area contributed by atoms with E-state index in [9.17, 15) is 4.79 Å². The van der Waals surface area contributed by atoms with E-state index in [2.05, 4.69) is 25.5 Å². The second-order valence-corrected chi connectivity index (χ2v) is 7.15. The molecule has 31 heavy (non-hydrogen) atoms. The fourth-order valence-corrected chi connectivity index (χ4v) is 3.65. The molecular weight excluding hydrogens is 418 g/mol. The summed E-state index contributed by atoms with van der Waals surface area (Å²) < 4.78 is 15.8. The van der Waals surface area contributed by atoms with Crippen LogP contribution in [0.4, 0.5) is 5.95 Å². The highest BCUT2D eigenvalue weighted by Crippen LogP contribution is 2.31. The van der Waals surface area contributed by atoms with Gasteiger partial charge in [-0.3, -0.25) is 15.2 Å². The summed E-state index contributed by atoms with van der Waals surface area (Å²) in [5, 5.41) is 11.9. The Hall–Kier alpha value is -3.92. The third-order valence-electron chi connectivity index (χ3n) is 4.45. The molecule has 0 saturated heterocycles. The molecule has 0 bridgehead atoms. The first-order valence-electron chi connectivity index (χ1n) is 9.17. The molecule has 0 spiro atoms. The van der Waals surface area contributed by atoms with Crippen LogP contribution in [0.2, 0.25) is 0 Å². The van der Waals surface area contributed by atoms with E-state index in [1.807, 2.05) is 24.3 Å². The summed E-state index contributed by atoms with van der Waals surface area (Å²) >= 11 is 1.38. The van der Waals surface area contributed by atoms with Gasteiger partial charge in [-0.05, 0) is 36.4 Å². The molecule has 2 N–H and O–H groups in total. The summed E-state index contributed by atoms with van der Waals surface area (Å²) in [5.74, 6) is 2.17. The Kier molecular flexibility index (Phi) is 5.80. The number of ether oxygens (including phenoxy) is 3. The number of amides is 1. The standard InChI is InChI=1S/C21H19N5O4S/c1-28-13-6-4-12(5-7-13)20-22-16(11-31-20)19(27)24-21-23-18(25-26-21)15-9-8-14(29-2)10-17(15)30-3/h4-11H,1-3H3,(H2,23,24,25,26,27). The maximum atomic E-state index is 12.6. The minimum absolute atomic E-state index is 0.136. The monoisotopic (exact) mass is 437 g/mol. The van der Waals surface area contributed by atoms with Crippen LogP contribution in [0, 0.1) is 0 Å². The Labute approximate surface area is 182 Å². The van der Waals surface area contributed by atoms with Gasteiger partial charge in [0.2, 0.25) is 5.95 Å². The molecule has 2 heterocycles. The van der Waals surface area contributed by atoms with Gasteiger partial charge in [0.05, 0.1) is 26.9 Å². The van der Waals surface area contributed by atoms with Crippen LogP contribution in [0.5, 0.6) is 17.2 Å². The highest BCUT2D eigenvalue weighted by atomic mass is 32.1. The Bertz CT molecular complexity index is 1200. The number of aromatic amines is 1. The lowest BCUT2D eigenvalue weighted by atomic mass is 10.2. The number of hydrogen-bond acceptors (Lipinski definition) is 8. The maximum Gasteiger partial charge on any atom is 0.277 e. The Morgan fingerprint density at radius 1 is 0.968 bits per heavy atom. The SMILES string of the molecule is COc1ccc(-c2nc(C(=O)Nc3n[nH]c(-c4ccc(OC)cc4OC)n3)cs2)cc1. The van der Waals surface area contributed by atoms with E-state index in [0.717, 1.165) is 16.3 Å². The molecule has 2 aromatic carbocycles. The normalized spacial score (nSPS) is 10.5. The minimum atomic E-state index is -0.400. The molecule has 0 radical (unpaired) electrons. The number of nitrogens with one attached hydrogen (secondary N) is 2. The minimum Gasteiger partial charge on any atom is -0.497 e. The average molecular weight is 437 g/mol. The van der Waals surface area contributed by atoms with E-state index in [-0.39, 0.29) is 11.6 Å². The molecule has 0 aliphatic heterocycles. The molecule has 0 atom stereocenters. The van der Waals surface area contributed by atoms with Gasteiger partial charge in [-0.2, -0.15) is 4.98 Å². The predicted octanol–water partition coefficient (Wildman–Crippen LogP) is 3.87. The number of carbonyl (C=O) groups excluding carboxylic acids is 1. The molecule has 0 aliphatic rings. The van der Waals surface area contributed by atoms with Crippen LogP contribution < -0.4 is 19.5 Å². The number of methoxy groups -OCH3 is 3. The van der Waals surface area contributed by atoms with Crippen molar-refractivity contribution >= 4 is 23.2 Å². The highest BCUT2D eigenvalue weighted by molar-refractivity contribution is 7.13. The van der Waals surface area contributed by atoms with Crippen molar-refractivity contribution in [2.24, 2.45) is 0 Å². The Morgan fingerprint density at radius 3 is 2.42 bits per heavy atom. The third-order valence-corrected chi connectivity index (χ3v) is 5.34. The number of H-pyrrole nitrogens is 1. The maximum absolute atomic E-state index is 12.6. The van der Waals surface area contributed by atoms with E-state index < -0.39 is 5.91 Å². The molecule has 0 unspecified atom stereocenters. The summed E-state index contributed by atoms with van der Waals surface area (Å²) in [6.07, 6.45) is 0. The van der Waals surface area contributed by atoms with Gasteiger partial charge in [-0.1, -0.05) is 0 Å². The van der Waals surface area contributed by atoms with E-state index in [0.29, 0.717) is 22.9 Å². The van der Waals surface area contributed by atoms with Gasteiger partial charge < -0.3 is 14.2 Å². The number of rotatable bonds is 7. The van der Waals surface area contributed by atoms with Gasteiger partial charge in [0, 0.05) is 17.0 Å². The summed E-state index contributed by atoms with van der Waals surface area (Å²) in [4.78, 5) is 21.3. The second kappa shape index (κ2) is 8.84. The van der Waals surface area contributed by atoms with Gasteiger partial charge in [-0.25, -0.2) is 4.98 Å². The van der Waals surface area contributed by atoms with Gasteiger partial charge >= 0.3 is 0 Å². The van der Waals surface area contributed by atoms with Crippen molar-refractivity contribution in [2.45, 2.75) is 0 Å². The average Bonchev–Trinajstić information content (AvgIpc) is 3.49. The van der Waals surface area contributed by atoms with Crippen molar-refractivity contribution < 1.29 is 19.0 Å². The summed E-state index contributed by atoms with van der Waals surface area (Å²) in [6, 6.07) is 12.8. The first-order chi connectivity index (χ1) is 15.1. The summed E-state index contributed by atoms with van der Waals surface area (Å²) in [5.41, 5.74) is 1.87. The van der Waals surface area contributed by atoms with Gasteiger partial charge in [0.15, 0.2) is 5.82 Å². The quantitative estimate of drug-likeness (QED) is 0.451. The first-order valence-corrected chi connectivity index (χ1v) is 10.1. The van der Waals surface area contributed by atoms with Crippen LogP contribution >= 0.6 is 11.3 Å². The molecule has 0 fully saturated rings. The van der Waals surface area contributed by atoms with Crippen LogP contribution in [0.15, 0.2) is 47.8 Å². The third kappa shape index (κ3) is 4.33. The van der Waals surface area contributed by atoms with Crippen LogP contribution in [0.1, 0.15) is 10.5 Å². The first kappa shape index (κ1) is 20.4. The van der Waals surface area contributed by atoms with E-state index >= 15 is 0 Å². The number of benzene rings is 2. The molecule has 9 nitrogen and oxygen atoms in total. The number of aromatic nitrogens is 4. The van der Waals surface area contributed by atoms with E-state index in [1.165, 1.54) is 11.3 Å². The Morgan fingerprint density at radius 2 is 1.71 bits per heavy atom. The second-order valence-electron chi connectivity index (χ2n) is 6.29. The van der Waals surface area contributed by atoms with Gasteiger partial charge in [0.1, 0.15) is 28.0 Å². The van der Waals surface area contributed by atoms with Crippen molar-refractivity contribution in [1.29, 1.82) is 0 Å². The molecule has 10 heteroatoms. The predicted molar refractivity (Wildman–Crippen MR) is 117 cm³/mol. The molecule has 0 saturated carbocycles. The van der Waals surface area contributed by atoms with Crippen LogP contribution in [0.3, 0.4) is 0 Å². The Balaban J connectivity index is 1.49. The van der Waals surface area contributed by atoms with Crippen LogP contribution in [-0.2, 0) is 0 Å². The van der Waals surface area contributed by atoms with Crippen LogP contribution in [0.25, 0.3) is 22.0 Å². The van der Waals surface area contributed by atoms with E-state index in [4.69, 9.17) is 14.2 Å². The summed E-state index contributed by atoms with van der Waals surface area (Å²) in [7, 11) is 4.75. The fourth-order valence-electron chi connectivity index (χ4n) is 2.84. The zero-order valence-corrected chi connectivity index (χ0v) is 17.8. The number of carbonyl (C=O) groups is 1. The van der Waals surface area contributed by atoms with Crippen LogP contribution in [-0.4, -0.2) is 47.4 Å². The lowest BCUT2D eigenvalue weighted by Gasteiger charge is -2.07. The largest absolute Gasteiger partial charge is 0.497 e. The molecular formula is C21H19N5O4S. The van der Waals surface area contributed by atoms with Crippen molar-refractivity contribution in [2.75, 3.05) is 26.6 Å². The van der Waals surface area contributed by atoms with Crippen molar-refractivity contribution in [3.05, 3.63) is 53.5 Å². The van der Waals surface area contributed by atoms with Gasteiger partial charge in [0.25, 0.3) is 5.91 Å². The highest BCUT2D eigenvalue weighted by Gasteiger charge is 2.16. The lowest BCUT2D eigenvalue weighted by molar-refractivity contribution is 0.102. The summed E-state index contributed by atoms with van der Waals surface area (Å²) in [6.45, 7) is 0. The molecule has 2 aromatic heterocycles. The van der Waals surface area contributed by atoms with Crippen molar-refractivity contribution in [1.82, 2.24) is 20.2 Å². The number of anilines is 1. The van der Waals surface area contributed by atoms with E-state index in [1.54, 1.807) is 44.9 Å². The smallest absolute Gasteiger partial charge is 0.277 e.